The fourth-order valence-electron chi connectivity index (χ4n) is 1.61. The van der Waals surface area contributed by atoms with Crippen molar-refractivity contribution in [3.63, 3.8) is 0 Å². The van der Waals surface area contributed by atoms with Gasteiger partial charge >= 0.3 is 0 Å². The summed E-state index contributed by atoms with van der Waals surface area (Å²) in [5, 5.41) is 0. The second kappa shape index (κ2) is 4.37. The molecule has 1 aromatic rings. The molecule has 0 aliphatic carbocycles. The lowest BCUT2D eigenvalue weighted by Gasteiger charge is -2.17. The zero-order chi connectivity index (χ0) is 11.6. The van der Waals surface area contributed by atoms with Crippen LogP contribution in [0.1, 0.15) is 25.3 Å². The van der Waals surface area contributed by atoms with Crippen molar-refractivity contribution in [1.29, 1.82) is 0 Å². The second-order valence-corrected chi connectivity index (χ2v) is 6.01. The molecule has 1 unspecified atom stereocenters. The summed E-state index contributed by atoms with van der Waals surface area (Å²) in [5.41, 5.74) is 6.65. The first-order valence-electron chi connectivity index (χ1n) is 4.94. The number of nitrogens with two attached hydrogens (primary N) is 1. The van der Waals surface area contributed by atoms with Gasteiger partial charge in [-0.05, 0) is 30.0 Å². The van der Waals surface area contributed by atoms with Crippen molar-refractivity contribution in [2.45, 2.75) is 19.8 Å². The molecule has 4 nitrogen and oxygen atoms in total. The first-order chi connectivity index (χ1) is 6.86. The van der Waals surface area contributed by atoms with Crippen LogP contribution in [-0.2, 0) is 10.0 Å². The Morgan fingerprint density at radius 1 is 1.47 bits per heavy atom. The van der Waals surface area contributed by atoms with Crippen molar-refractivity contribution in [2.75, 3.05) is 12.8 Å². The van der Waals surface area contributed by atoms with Crippen molar-refractivity contribution in [1.82, 2.24) is 3.97 Å². The highest BCUT2D eigenvalue weighted by Gasteiger charge is 2.16. The predicted molar refractivity (Wildman–Crippen MR) is 61.3 cm³/mol. The number of aromatic nitrogens is 1. The highest BCUT2D eigenvalue weighted by atomic mass is 32.2. The van der Waals surface area contributed by atoms with Crippen LogP contribution in [0.5, 0.6) is 0 Å². The molecule has 0 spiro atoms. The quantitative estimate of drug-likeness (QED) is 0.839. The lowest BCUT2D eigenvalue weighted by molar-refractivity contribution is 0.506. The van der Waals surface area contributed by atoms with Crippen molar-refractivity contribution in [3.05, 3.63) is 24.0 Å². The maximum Gasteiger partial charge on any atom is 0.235 e. The fraction of sp³-hybridized carbons (Fsp3) is 0.600. The summed E-state index contributed by atoms with van der Waals surface area (Å²) in [6, 6.07) is 1.82. The molecule has 86 valence electrons. The van der Waals surface area contributed by atoms with Crippen LogP contribution in [0.25, 0.3) is 0 Å². The van der Waals surface area contributed by atoms with Gasteiger partial charge in [-0.1, -0.05) is 13.8 Å². The molecule has 0 aliphatic rings. The minimum Gasteiger partial charge on any atom is -0.330 e. The third-order valence-corrected chi connectivity index (χ3v) is 3.55. The summed E-state index contributed by atoms with van der Waals surface area (Å²) in [6.45, 7) is 4.69. The standard InChI is InChI=1S/C10H18N2O2S/c1-8(2)10(6-11)9-4-5-12(7-9)15(3,13)14/h4-5,7-8,10H,6,11H2,1-3H3. The van der Waals surface area contributed by atoms with E-state index in [-0.39, 0.29) is 5.92 Å². The monoisotopic (exact) mass is 230 g/mol. The largest absolute Gasteiger partial charge is 0.330 e. The van der Waals surface area contributed by atoms with E-state index in [2.05, 4.69) is 13.8 Å². The van der Waals surface area contributed by atoms with Crippen molar-refractivity contribution in [2.24, 2.45) is 11.7 Å². The fourth-order valence-corrected chi connectivity index (χ4v) is 2.21. The Bertz CT molecular complexity index is 420. The van der Waals surface area contributed by atoms with Crippen molar-refractivity contribution < 1.29 is 8.42 Å². The van der Waals surface area contributed by atoms with Crippen LogP contribution in [0.4, 0.5) is 0 Å². The summed E-state index contributed by atoms with van der Waals surface area (Å²) in [4.78, 5) is 0. The Morgan fingerprint density at radius 3 is 2.40 bits per heavy atom. The third-order valence-electron chi connectivity index (χ3n) is 2.56. The van der Waals surface area contributed by atoms with Gasteiger partial charge in [0.2, 0.25) is 10.0 Å². The molecule has 0 saturated carbocycles. The lowest BCUT2D eigenvalue weighted by atomic mass is 9.90. The molecule has 0 aromatic carbocycles. The van der Waals surface area contributed by atoms with Crippen LogP contribution < -0.4 is 5.73 Å². The first-order valence-corrected chi connectivity index (χ1v) is 6.79. The molecule has 5 heteroatoms. The molecule has 1 rings (SSSR count). The molecule has 0 amide bonds. The van der Waals surface area contributed by atoms with E-state index in [9.17, 15) is 8.42 Å². The van der Waals surface area contributed by atoms with Crippen LogP contribution in [0.2, 0.25) is 0 Å². The molecular weight excluding hydrogens is 212 g/mol. The zero-order valence-electron chi connectivity index (χ0n) is 9.34. The summed E-state index contributed by atoms with van der Waals surface area (Å²) in [7, 11) is -3.17. The van der Waals surface area contributed by atoms with E-state index in [1.165, 1.54) is 10.2 Å². The van der Waals surface area contributed by atoms with Crippen molar-refractivity contribution in [3.8, 4) is 0 Å². The van der Waals surface area contributed by atoms with E-state index in [4.69, 9.17) is 5.73 Å². The molecule has 0 fully saturated rings. The Hall–Kier alpha value is -0.810. The van der Waals surface area contributed by atoms with Crippen LogP contribution in [0.3, 0.4) is 0 Å². The maximum atomic E-state index is 11.3. The van der Waals surface area contributed by atoms with Gasteiger partial charge in [-0.15, -0.1) is 0 Å². The Labute approximate surface area is 91.1 Å². The number of nitrogens with zero attached hydrogens (tertiary/aromatic N) is 1. The van der Waals surface area contributed by atoms with Gasteiger partial charge in [0.05, 0.1) is 6.26 Å². The average Bonchev–Trinajstić information content (AvgIpc) is 2.52. The summed E-state index contributed by atoms with van der Waals surface area (Å²) in [5.74, 6) is 0.624. The molecule has 15 heavy (non-hydrogen) atoms. The topological polar surface area (TPSA) is 65.1 Å². The summed E-state index contributed by atoms with van der Waals surface area (Å²) >= 11 is 0. The number of rotatable bonds is 4. The maximum absolute atomic E-state index is 11.3. The molecule has 1 atom stereocenters. The van der Waals surface area contributed by atoms with Crippen LogP contribution in [0, 0.1) is 5.92 Å². The van der Waals surface area contributed by atoms with Gasteiger partial charge in [-0.2, -0.15) is 0 Å². The van der Waals surface area contributed by atoms with Gasteiger partial charge < -0.3 is 5.73 Å². The van der Waals surface area contributed by atoms with Crippen LogP contribution in [0.15, 0.2) is 18.5 Å². The molecule has 0 bridgehead atoms. The van der Waals surface area contributed by atoms with Crippen molar-refractivity contribution >= 4 is 10.0 Å². The Balaban J connectivity index is 3.03. The van der Waals surface area contributed by atoms with E-state index in [1.54, 1.807) is 12.4 Å². The molecule has 2 N–H and O–H groups in total. The average molecular weight is 230 g/mol. The number of hydrogen-bond donors (Lipinski definition) is 1. The second-order valence-electron chi connectivity index (χ2n) is 4.12. The predicted octanol–water partition coefficient (Wildman–Crippen LogP) is 0.994. The van der Waals surface area contributed by atoms with E-state index in [1.807, 2.05) is 6.07 Å². The molecular formula is C10H18N2O2S. The summed E-state index contributed by atoms with van der Waals surface area (Å²) in [6.07, 6.45) is 4.40. The van der Waals surface area contributed by atoms with E-state index < -0.39 is 10.0 Å². The Kier molecular flexibility index (Phi) is 3.57. The molecule has 1 heterocycles. The molecule has 0 saturated heterocycles. The smallest absolute Gasteiger partial charge is 0.235 e. The lowest BCUT2D eigenvalue weighted by Crippen LogP contribution is -2.17. The van der Waals surface area contributed by atoms with Gasteiger partial charge in [0, 0.05) is 12.4 Å². The molecule has 0 aliphatic heterocycles. The SMILES string of the molecule is CC(C)C(CN)c1ccn(S(C)(=O)=O)c1. The molecule has 1 aromatic heterocycles. The van der Waals surface area contributed by atoms with Gasteiger partial charge in [-0.25, -0.2) is 8.42 Å². The molecule has 0 radical (unpaired) electrons. The Morgan fingerprint density at radius 2 is 2.07 bits per heavy atom. The third kappa shape index (κ3) is 2.82. The minimum atomic E-state index is -3.17. The number of hydrogen-bond acceptors (Lipinski definition) is 3. The summed E-state index contributed by atoms with van der Waals surface area (Å²) < 4.78 is 23.7. The van der Waals surface area contributed by atoms with E-state index in [0.717, 1.165) is 5.56 Å². The highest BCUT2D eigenvalue weighted by Crippen LogP contribution is 2.23. The van der Waals surface area contributed by atoms with Gasteiger partial charge in [0.15, 0.2) is 0 Å². The van der Waals surface area contributed by atoms with Gasteiger partial charge in [0.1, 0.15) is 0 Å². The van der Waals surface area contributed by atoms with Gasteiger partial charge in [-0.3, -0.25) is 3.97 Å². The minimum absolute atomic E-state index is 0.216. The normalized spacial score (nSPS) is 14.5. The van der Waals surface area contributed by atoms with Crippen LogP contribution in [-0.4, -0.2) is 25.2 Å². The highest BCUT2D eigenvalue weighted by molar-refractivity contribution is 7.89. The van der Waals surface area contributed by atoms with Gasteiger partial charge in [0.25, 0.3) is 0 Å². The van der Waals surface area contributed by atoms with Crippen LogP contribution >= 0.6 is 0 Å². The zero-order valence-corrected chi connectivity index (χ0v) is 10.2. The van der Waals surface area contributed by atoms with E-state index >= 15 is 0 Å². The van der Waals surface area contributed by atoms with E-state index in [0.29, 0.717) is 12.5 Å². The first kappa shape index (κ1) is 12.3.